The standard InChI is InChI=1S/C13H21NO4/c1-9(15)7-14-8-12(16)11-5-4-10(17-2)6-13(11)18-3/h4-6,9,12,14-16H,7-8H2,1-3H3. The van der Waals surface area contributed by atoms with E-state index in [0.29, 0.717) is 30.2 Å². The second kappa shape index (κ2) is 7.20. The normalized spacial score (nSPS) is 14.1. The monoisotopic (exact) mass is 255 g/mol. The molecule has 0 saturated heterocycles. The van der Waals surface area contributed by atoms with Gasteiger partial charge in [-0.05, 0) is 19.1 Å². The van der Waals surface area contributed by atoms with Crippen molar-refractivity contribution < 1.29 is 19.7 Å². The van der Waals surface area contributed by atoms with Gasteiger partial charge in [0.1, 0.15) is 11.5 Å². The molecule has 1 rings (SSSR count). The molecule has 3 N–H and O–H groups in total. The van der Waals surface area contributed by atoms with Crippen molar-refractivity contribution in [2.24, 2.45) is 0 Å². The smallest absolute Gasteiger partial charge is 0.128 e. The average Bonchev–Trinajstić information content (AvgIpc) is 2.37. The highest BCUT2D eigenvalue weighted by atomic mass is 16.5. The Morgan fingerprint density at radius 1 is 1.17 bits per heavy atom. The fourth-order valence-corrected chi connectivity index (χ4v) is 1.63. The maximum atomic E-state index is 10.0. The van der Waals surface area contributed by atoms with Crippen LogP contribution in [-0.4, -0.2) is 43.6 Å². The molecular formula is C13H21NO4. The van der Waals surface area contributed by atoms with Crippen molar-refractivity contribution >= 4 is 0 Å². The third-order valence-corrected chi connectivity index (χ3v) is 2.58. The molecule has 0 bridgehead atoms. The van der Waals surface area contributed by atoms with Crippen molar-refractivity contribution in [2.45, 2.75) is 19.1 Å². The second-order valence-corrected chi connectivity index (χ2v) is 4.13. The minimum absolute atomic E-state index is 0.355. The Morgan fingerprint density at radius 3 is 2.44 bits per heavy atom. The summed E-state index contributed by atoms with van der Waals surface area (Å²) in [5, 5.41) is 22.1. The third-order valence-electron chi connectivity index (χ3n) is 2.58. The van der Waals surface area contributed by atoms with Gasteiger partial charge in [-0.1, -0.05) is 0 Å². The van der Waals surface area contributed by atoms with Crippen molar-refractivity contribution in [3.8, 4) is 11.5 Å². The summed E-state index contributed by atoms with van der Waals surface area (Å²) >= 11 is 0. The number of nitrogens with one attached hydrogen (secondary N) is 1. The quantitative estimate of drug-likeness (QED) is 0.669. The zero-order valence-corrected chi connectivity index (χ0v) is 11.0. The van der Waals surface area contributed by atoms with E-state index in [-0.39, 0.29) is 0 Å². The van der Waals surface area contributed by atoms with Gasteiger partial charge in [0.25, 0.3) is 0 Å². The summed E-state index contributed by atoms with van der Waals surface area (Å²) in [4.78, 5) is 0. The number of hydrogen-bond donors (Lipinski definition) is 3. The molecule has 2 unspecified atom stereocenters. The van der Waals surface area contributed by atoms with Crippen LogP contribution in [0.5, 0.6) is 11.5 Å². The van der Waals surface area contributed by atoms with E-state index >= 15 is 0 Å². The number of aliphatic hydroxyl groups is 2. The van der Waals surface area contributed by atoms with E-state index in [1.54, 1.807) is 39.3 Å². The summed E-state index contributed by atoms with van der Waals surface area (Å²) in [6, 6.07) is 5.27. The molecule has 0 fully saturated rings. The number of hydrogen-bond acceptors (Lipinski definition) is 5. The Hall–Kier alpha value is -1.30. The molecule has 1 aromatic rings. The van der Waals surface area contributed by atoms with E-state index in [0.717, 1.165) is 0 Å². The molecule has 0 heterocycles. The molecule has 0 radical (unpaired) electrons. The molecule has 0 aliphatic carbocycles. The summed E-state index contributed by atoms with van der Waals surface area (Å²) in [7, 11) is 3.13. The molecule has 2 atom stereocenters. The highest BCUT2D eigenvalue weighted by Crippen LogP contribution is 2.29. The van der Waals surface area contributed by atoms with Crippen LogP contribution in [0.1, 0.15) is 18.6 Å². The van der Waals surface area contributed by atoms with Crippen molar-refractivity contribution in [3.63, 3.8) is 0 Å². The first kappa shape index (κ1) is 14.8. The SMILES string of the molecule is COc1ccc(C(O)CNCC(C)O)c(OC)c1. The van der Waals surface area contributed by atoms with E-state index < -0.39 is 12.2 Å². The van der Waals surface area contributed by atoms with E-state index in [1.165, 1.54) is 0 Å². The van der Waals surface area contributed by atoms with Gasteiger partial charge >= 0.3 is 0 Å². The topological polar surface area (TPSA) is 71.0 Å². The van der Waals surface area contributed by atoms with Crippen LogP contribution in [0.4, 0.5) is 0 Å². The van der Waals surface area contributed by atoms with Crippen molar-refractivity contribution in [2.75, 3.05) is 27.3 Å². The third kappa shape index (κ3) is 4.18. The van der Waals surface area contributed by atoms with Gasteiger partial charge in [-0.2, -0.15) is 0 Å². The summed E-state index contributed by atoms with van der Waals surface area (Å²) < 4.78 is 10.3. The average molecular weight is 255 g/mol. The first-order chi connectivity index (χ1) is 8.58. The Kier molecular flexibility index (Phi) is 5.91. The molecule has 5 heteroatoms. The Morgan fingerprint density at radius 2 is 1.89 bits per heavy atom. The van der Waals surface area contributed by atoms with E-state index in [2.05, 4.69) is 5.32 Å². The number of ether oxygens (including phenoxy) is 2. The summed E-state index contributed by atoms with van der Waals surface area (Å²) in [5.41, 5.74) is 0.691. The van der Waals surface area contributed by atoms with Crippen LogP contribution in [-0.2, 0) is 0 Å². The van der Waals surface area contributed by atoms with E-state index in [9.17, 15) is 5.11 Å². The lowest BCUT2D eigenvalue weighted by atomic mass is 10.1. The maximum Gasteiger partial charge on any atom is 0.128 e. The van der Waals surface area contributed by atoms with E-state index in [4.69, 9.17) is 14.6 Å². The van der Waals surface area contributed by atoms with Gasteiger partial charge in [0, 0.05) is 24.7 Å². The van der Waals surface area contributed by atoms with Crippen LogP contribution in [0.2, 0.25) is 0 Å². The largest absolute Gasteiger partial charge is 0.497 e. The predicted octanol–water partition coefficient (Wildman–Crippen LogP) is 0.708. The van der Waals surface area contributed by atoms with Gasteiger partial charge in [-0.3, -0.25) is 0 Å². The molecule has 0 saturated carbocycles. The molecule has 0 spiro atoms. The number of methoxy groups -OCH3 is 2. The number of aliphatic hydroxyl groups excluding tert-OH is 2. The molecule has 0 aromatic heterocycles. The molecule has 0 amide bonds. The van der Waals surface area contributed by atoms with Gasteiger partial charge in [0.2, 0.25) is 0 Å². The molecule has 5 nitrogen and oxygen atoms in total. The lowest BCUT2D eigenvalue weighted by molar-refractivity contribution is 0.152. The molecule has 0 aliphatic heterocycles. The lowest BCUT2D eigenvalue weighted by Crippen LogP contribution is -2.28. The minimum atomic E-state index is -0.690. The van der Waals surface area contributed by atoms with Crippen LogP contribution in [0.25, 0.3) is 0 Å². The minimum Gasteiger partial charge on any atom is -0.497 e. The predicted molar refractivity (Wildman–Crippen MR) is 69.1 cm³/mol. The van der Waals surface area contributed by atoms with Crippen molar-refractivity contribution in [1.82, 2.24) is 5.32 Å². The Labute approximate surface area is 107 Å². The molecule has 102 valence electrons. The number of benzene rings is 1. The second-order valence-electron chi connectivity index (χ2n) is 4.13. The van der Waals surface area contributed by atoms with Crippen LogP contribution in [0.15, 0.2) is 18.2 Å². The molecular weight excluding hydrogens is 234 g/mol. The highest BCUT2D eigenvalue weighted by Gasteiger charge is 2.14. The Bertz CT molecular complexity index is 368. The zero-order valence-electron chi connectivity index (χ0n) is 11.0. The van der Waals surface area contributed by atoms with E-state index in [1.807, 2.05) is 0 Å². The van der Waals surface area contributed by atoms with Gasteiger partial charge < -0.3 is 25.0 Å². The van der Waals surface area contributed by atoms with Gasteiger partial charge in [-0.25, -0.2) is 0 Å². The molecule has 18 heavy (non-hydrogen) atoms. The van der Waals surface area contributed by atoms with Crippen molar-refractivity contribution in [1.29, 1.82) is 0 Å². The summed E-state index contributed by atoms with van der Waals surface area (Å²) in [6.07, 6.45) is -1.13. The fourth-order valence-electron chi connectivity index (χ4n) is 1.63. The van der Waals surface area contributed by atoms with Crippen LogP contribution in [0.3, 0.4) is 0 Å². The van der Waals surface area contributed by atoms with Crippen molar-refractivity contribution in [3.05, 3.63) is 23.8 Å². The first-order valence-corrected chi connectivity index (χ1v) is 5.87. The van der Waals surface area contributed by atoms with Crippen LogP contribution in [0, 0.1) is 0 Å². The maximum absolute atomic E-state index is 10.0. The van der Waals surface area contributed by atoms with Gasteiger partial charge in [0.05, 0.1) is 26.4 Å². The lowest BCUT2D eigenvalue weighted by Gasteiger charge is -2.16. The van der Waals surface area contributed by atoms with Crippen LogP contribution < -0.4 is 14.8 Å². The zero-order chi connectivity index (χ0) is 13.5. The highest BCUT2D eigenvalue weighted by molar-refractivity contribution is 5.42. The number of rotatable bonds is 7. The van der Waals surface area contributed by atoms with Gasteiger partial charge in [0.15, 0.2) is 0 Å². The van der Waals surface area contributed by atoms with Crippen LogP contribution >= 0.6 is 0 Å². The molecule has 0 aliphatic rings. The fraction of sp³-hybridized carbons (Fsp3) is 0.538. The summed E-state index contributed by atoms with van der Waals surface area (Å²) in [5.74, 6) is 1.26. The Balaban J connectivity index is 2.69. The summed E-state index contributed by atoms with van der Waals surface area (Å²) in [6.45, 7) is 2.48. The molecule has 1 aromatic carbocycles. The van der Waals surface area contributed by atoms with Gasteiger partial charge in [-0.15, -0.1) is 0 Å². The first-order valence-electron chi connectivity index (χ1n) is 5.87.